The van der Waals surface area contributed by atoms with Gasteiger partial charge in [0.1, 0.15) is 0 Å². The van der Waals surface area contributed by atoms with Crippen LogP contribution in [0.3, 0.4) is 0 Å². The zero-order valence-corrected chi connectivity index (χ0v) is 12.3. The van der Waals surface area contributed by atoms with E-state index >= 15 is 0 Å². The van der Waals surface area contributed by atoms with E-state index in [2.05, 4.69) is 17.1 Å². The minimum Gasteiger partial charge on any atom is -0.393 e. The molecule has 0 aromatic heterocycles. The lowest BCUT2D eigenvalue weighted by Gasteiger charge is -2.38. The molecule has 1 aliphatic heterocycles. The van der Waals surface area contributed by atoms with Gasteiger partial charge in [-0.2, -0.15) is 0 Å². The third-order valence-corrected chi connectivity index (χ3v) is 3.97. The van der Waals surface area contributed by atoms with E-state index in [4.69, 9.17) is 0 Å². The summed E-state index contributed by atoms with van der Waals surface area (Å²) < 4.78 is 24.5. The van der Waals surface area contributed by atoms with Gasteiger partial charge >= 0.3 is 0 Å². The number of aliphatic hydroxyl groups is 1. The number of rotatable bonds is 7. The highest BCUT2D eigenvalue weighted by molar-refractivity contribution is 4.84. The van der Waals surface area contributed by atoms with Crippen molar-refractivity contribution >= 4 is 0 Å². The molecular formula is C14H28F2N2O. The summed E-state index contributed by atoms with van der Waals surface area (Å²) >= 11 is 0. The van der Waals surface area contributed by atoms with Crippen LogP contribution in [0.1, 0.15) is 33.6 Å². The molecule has 3 nitrogen and oxygen atoms in total. The molecule has 5 heteroatoms. The van der Waals surface area contributed by atoms with Gasteiger partial charge in [0.05, 0.1) is 12.6 Å². The first-order chi connectivity index (χ1) is 8.92. The van der Waals surface area contributed by atoms with Crippen molar-refractivity contribution in [3.05, 3.63) is 0 Å². The standard InChI is InChI=1S/C14H28F2N2O/c1-4-18-8-11(6-13(19)10(2)3)5-12(9-18)17-7-14(15)16/h10-14,17,19H,4-9H2,1-3H3. The number of likely N-dealkylation sites (N-methyl/N-ethyl adjacent to an activating group) is 1. The number of piperidine rings is 1. The van der Waals surface area contributed by atoms with E-state index in [0.29, 0.717) is 5.92 Å². The van der Waals surface area contributed by atoms with Gasteiger partial charge in [0.25, 0.3) is 6.43 Å². The molecule has 1 saturated heterocycles. The second kappa shape index (κ2) is 8.12. The largest absolute Gasteiger partial charge is 0.393 e. The number of hydrogen-bond acceptors (Lipinski definition) is 3. The molecule has 0 amide bonds. The van der Waals surface area contributed by atoms with Gasteiger partial charge in [-0.25, -0.2) is 8.78 Å². The van der Waals surface area contributed by atoms with E-state index in [1.807, 2.05) is 13.8 Å². The third-order valence-electron chi connectivity index (χ3n) is 3.97. The Kier molecular flexibility index (Phi) is 7.18. The molecule has 0 saturated carbocycles. The highest BCUT2D eigenvalue weighted by Gasteiger charge is 2.28. The summed E-state index contributed by atoms with van der Waals surface area (Å²) in [4.78, 5) is 2.28. The van der Waals surface area contributed by atoms with E-state index in [1.54, 1.807) is 0 Å². The van der Waals surface area contributed by atoms with Gasteiger partial charge < -0.3 is 15.3 Å². The number of alkyl halides is 2. The minimum absolute atomic E-state index is 0.118. The molecule has 1 aliphatic rings. The van der Waals surface area contributed by atoms with E-state index in [0.717, 1.165) is 32.5 Å². The molecular weight excluding hydrogens is 250 g/mol. The van der Waals surface area contributed by atoms with Crippen LogP contribution in [0.25, 0.3) is 0 Å². The lowest BCUT2D eigenvalue weighted by molar-refractivity contribution is 0.0589. The first-order valence-corrected chi connectivity index (χ1v) is 7.34. The maximum absolute atomic E-state index is 12.3. The Morgan fingerprint density at radius 2 is 2.00 bits per heavy atom. The van der Waals surface area contributed by atoms with Gasteiger partial charge in [0.2, 0.25) is 0 Å². The predicted molar refractivity (Wildman–Crippen MR) is 73.5 cm³/mol. The van der Waals surface area contributed by atoms with E-state index < -0.39 is 6.43 Å². The molecule has 1 heterocycles. The summed E-state index contributed by atoms with van der Waals surface area (Å²) in [6.07, 6.45) is -0.942. The van der Waals surface area contributed by atoms with Crippen LogP contribution in [0.4, 0.5) is 8.78 Å². The fourth-order valence-corrected chi connectivity index (χ4v) is 2.75. The van der Waals surface area contributed by atoms with Crippen molar-refractivity contribution in [3.8, 4) is 0 Å². The van der Waals surface area contributed by atoms with Crippen LogP contribution < -0.4 is 5.32 Å². The van der Waals surface area contributed by atoms with Crippen molar-refractivity contribution in [2.24, 2.45) is 11.8 Å². The maximum atomic E-state index is 12.3. The minimum atomic E-state index is -2.29. The van der Waals surface area contributed by atoms with E-state index in [-0.39, 0.29) is 24.6 Å². The second-order valence-corrected chi connectivity index (χ2v) is 6.00. The van der Waals surface area contributed by atoms with Crippen molar-refractivity contribution in [1.82, 2.24) is 10.2 Å². The predicted octanol–water partition coefficient (Wildman–Crippen LogP) is 1.96. The molecule has 0 spiro atoms. The van der Waals surface area contributed by atoms with Crippen molar-refractivity contribution in [2.45, 2.75) is 52.2 Å². The quantitative estimate of drug-likeness (QED) is 0.747. The molecule has 0 aliphatic carbocycles. The lowest BCUT2D eigenvalue weighted by atomic mass is 9.87. The van der Waals surface area contributed by atoms with Gasteiger partial charge in [0.15, 0.2) is 0 Å². The number of aliphatic hydroxyl groups excluding tert-OH is 1. The molecule has 0 bridgehead atoms. The molecule has 2 N–H and O–H groups in total. The number of halogens is 2. The molecule has 0 aromatic carbocycles. The van der Waals surface area contributed by atoms with E-state index in [9.17, 15) is 13.9 Å². The maximum Gasteiger partial charge on any atom is 0.250 e. The van der Waals surface area contributed by atoms with Gasteiger partial charge in [-0.15, -0.1) is 0 Å². The summed E-state index contributed by atoms with van der Waals surface area (Å²) in [5.74, 6) is 0.644. The summed E-state index contributed by atoms with van der Waals surface area (Å²) in [7, 11) is 0. The first kappa shape index (κ1) is 16.8. The normalized spacial score (nSPS) is 27.2. The summed E-state index contributed by atoms with van der Waals surface area (Å²) in [6.45, 7) is 8.61. The zero-order valence-electron chi connectivity index (χ0n) is 12.3. The van der Waals surface area contributed by atoms with E-state index in [1.165, 1.54) is 0 Å². The van der Waals surface area contributed by atoms with Crippen LogP contribution in [-0.2, 0) is 0 Å². The van der Waals surface area contributed by atoms with Gasteiger partial charge in [-0.3, -0.25) is 0 Å². The second-order valence-electron chi connectivity index (χ2n) is 6.00. The molecule has 0 radical (unpaired) electrons. The van der Waals surface area contributed by atoms with Crippen LogP contribution in [-0.4, -0.2) is 54.8 Å². The number of nitrogens with zero attached hydrogens (tertiary/aromatic N) is 1. The van der Waals surface area contributed by atoms with Crippen LogP contribution in [0.15, 0.2) is 0 Å². The molecule has 114 valence electrons. The average molecular weight is 278 g/mol. The highest BCUT2D eigenvalue weighted by Crippen LogP contribution is 2.23. The van der Waals surface area contributed by atoms with Crippen LogP contribution in [0, 0.1) is 11.8 Å². The summed E-state index contributed by atoms with van der Waals surface area (Å²) in [5.41, 5.74) is 0. The van der Waals surface area contributed by atoms with Gasteiger partial charge in [-0.05, 0) is 31.2 Å². The number of nitrogens with one attached hydrogen (secondary N) is 1. The van der Waals surface area contributed by atoms with Gasteiger partial charge in [-0.1, -0.05) is 20.8 Å². The molecule has 0 aromatic rings. The van der Waals surface area contributed by atoms with Crippen LogP contribution in [0.5, 0.6) is 0 Å². The molecule has 19 heavy (non-hydrogen) atoms. The molecule has 1 fully saturated rings. The smallest absolute Gasteiger partial charge is 0.250 e. The number of likely N-dealkylation sites (tertiary alicyclic amines) is 1. The summed E-state index contributed by atoms with van der Waals surface area (Å²) in [5, 5.41) is 12.9. The Balaban J connectivity index is 2.47. The third kappa shape index (κ3) is 6.15. The molecule has 1 rings (SSSR count). The Hall–Kier alpha value is -0.260. The fourth-order valence-electron chi connectivity index (χ4n) is 2.75. The highest BCUT2D eigenvalue weighted by atomic mass is 19.3. The lowest BCUT2D eigenvalue weighted by Crippen LogP contribution is -2.50. The van der Waals surface area contributed by atoms with Crippen molar-refractivity contribution in [1.29, 1.82) is 0 Å². The van der Waals surface area contributed by atoms with Crippen molar-refractivity contribution < 1.29 is 13.9 Å². The molecule has 3 unspecified atom stereocenters. The van der Waals surface area contributed by atoms with Crippen molar-refractivity contribution in [3.63, 3.8) is 0 Å². The summed E-state index contributed by atoms with van der Waals surface area (Å²) in [6, 6.07) is 0.118. The van der Waals surface area contributed by atoms with Gasteiger partial charge in [0, 0.05) is 19.1 Å². The van der Waals surface area contributed by atoms with Crippen LogP contribution >= 0.6 is 0 Å². The SMILES string of the molecule is CCN1CC(CC(O)C(C)C)CC(NCC(F)F)C1. The Labute approximate surface area is 115 Å². The first-order valence-electron chi connectivity index (χ1n) is 7.34. The Bertz CT molecular complexity index is 252. The number of hydrogen-bond donors (Lipinski definition) is 2. The zero-order chi connectivity index (χ0) is 14.4. The Morgan fingerprint density at radius 1 is 1.32 bits per heavy atom. The average Bonchev–Trinajstić information content (AvgIpc) is 2.35. The van der Waals surface area contributed by atoms with Crippen LogP contribution in [0.2, 0.25) is 0 Å². The topological polar surface area (TPSA) is 35.5 Å². The molecule has 3 atom stereocenters. The Morgan fingerprint density at radius 3 is 2.53 bits per heavy atom. The fraction of sp³-hybridized carbons (Fsp3) is 1.00. The van der Waals surface area contributed by atoms with Crippen molar-refractivity contribution in [2.75, 3.05) is 26.2 Å². The monoisotopic (exact) mass is 278 g/mol.